The lowest BCUT2D eigenvalue weighted by molar-refractivity contribution is 0.255. The normalized spacial score (nSPS) is 28.5. The van der Waals surface area contributed by atoms with Crippen LogP contribution in [0.25, 0.3) is 11.3 Å². The third-order valence-electron chi connectivity index (χ3n) is 4.68. The second-order valence-electron chi connectivity index (χ2n) is 5.94. The van der Waals surface area contributed by atoms with E-state index < -0.39 is 0 Å². The van der Waals surface area contributed by atoms with Gasteiger partial charge in [-0.15, -0.1) is 0 Å². The number of nitrogens with one attached hydrogen (secondary N) is 2. The summed E-state index contributed by atoms with van der Waals surface area (Å²) >= 11 is 0. The van der Waals surface area contributed by atoms with Crippen molar-refractivity contribution in [1.29, 1.82) is 0 Å². The summed E-state index contributed by atoms with van der Waals surface area (Å²) in [6.45, 7) is 3.83. The van der Waals surface area contributed by atoms with Crippen LogP contribution in [0, 0.1) is 5.92 Å². The highest BCUT2D eigenvalue weighted by atomic mass is 15.2. The minimum atomic E-state index is 0.645. The van der Waals surface area contributed by atoms with E-state index in [1.807, 2.05) is 6.07 Å². The lowest BCUT2D eigenvalue weighted by Gasteiger charge is -2.31. The summed E-state index contributed by atoms with van der Waals surface area (Å²) in [5.41, 5.74) is 3.49. The molecular formula is C16H20N4. The molecule has 2 aromatic rings. The second-order valence-corrected chi connectivity index (χ2v) is 5.94. The molecule has 2 fully saturated rings. The maximum atomic E-state index is 3.99. The Morgan fingerprint density at radius 2 is 1.95 bits per heavy atom. The van der Waals surface area contributed by atoms with Crippen LogP contribution in [-0.2, 0) is 0 Å². The van der Waals surface area contributed by atoms with Gasteiger partial charge in [0, 0.05) is 31.0 Å². The predicted octanol–water partition coefficient (Wildman–Crippen LogP) is 2.58. The van der Waals surface area contributed by atoms with Gasteiger partial charge in [0.1, 0.15) is 0 Å². The highest BCUT2D eigenvalue weighted by molar-refractivity contribution is 5.62. The van der Waals surface area contributed by atoms with E-state index in [1.165, 1.54) is 43.7 Å². The summed E-state index contributed by atoms with van der Waals surface area (Å²) in [7, 11) is 0. The number of fused-ring (bicyclic) bond motifs is 2. The number of hydrogen-bond acceptors (Lipinski definition) is 3. The van der Waals surface area contributed by atoms with E-state index >= 15 is 0 Å². The van der Waals surface area contributed by atoms with Crippen LogP contribution < -0.4 is 5.32 Å². The number of benzene rings is 1. The number of nitrogens with zero attached hydrogens (tertiary/aromatic N) is 2. The van der Waals surface area contributed by atoms with Gasteiger partial charge < -0.3 is 10.2 Å². The fraction of sp³-hybridized carbons (Fsp3) is 0.438. The Balaban J connectivity index is 1.46. The third-order valence-corrected chi connectivity index (χ3v) is 4.68. The van der Waals surface area contributed by atoms with Crippen molar-refractivity contribution in [2.75, 3.05) is 25.0 Å². The summed E-state index contributed by atoms with van der Waals surface area (Å²) in [5.74, 6) is 0.830. The molecule has 3 unspecified atom stereocenters. The Morgan fingerprint density at radius 1 is 1.10 bits per heavy atom. The highest BCUT2D eigenvalue weighted by Gasteiger charge is 2.33. The number of piperidine rings is 1. The van der Waals surface area contributed by atoms with Gasteiger partial charge in [-0.1, -0.05) is 12.1 Å². The van der Waals surface area contributed by atoms with Crippen molar-refractivity contribution >= 4 is 5.69 Å². The molecular weight excluding hydrogens is 248 g/mol. The fourth-order valence-corrected chi connectivity index (χ4v) is 3.52. The van der Waals surface area contributed by atoms with Gasteiger partial charge in [0.2, 0.25) is 0 Å². The van der Waals surface area contributed by atoms with Crippen LogP contribution in [0.4, 0.5) is 5.69 Å². The van der Waals surface area contributed by atoms with Crippen molar-refractivity contribution in [3.05, 3.63) is 36.5 Å². The number of aromatic nitrogens is 2. The Morgan fingerprint density at radius 3 is 2.75 bits per heavy atom. The zero-order valence-electron chi connectivity index (χ0n) is 11.5. The Labute approximate surface area is 119 Å². The monoisotopic (exact) mass is 268 g/mol. The third kappa shape index (κ3) is 2.20. The predicted molar refractivity (Wildman–Crippen MR) is 80.6 cm³/mol. The summed E-state index contributed by atoms with van der Waals surface area (Å²) in [6, 6.07) is 11.3. The minimum absolute atomic E-state index is 0.645. The van der Waals surface area contributed by atoms with Crippen molar-refractivity contribution in [2.24, 2.45) is 5.92 Å². The van der Waals surface area contributed by atoms with E-state index in [2.05, 4.69) is 44.7 Å². The lowest BCUT2D eigenvalue weighted by Crippen LogP contribution is -2.39. The lowest BCUT2D eigenvalue weighted by atomic mass is 9.94. The van der Waals surface area contributed by atoms with Gasteiger partial charge >= 0.3 is 0 Å². The fourth-order valence-electron chi connectivity index (χ4n) is 3.52. The molecule has 2 aliphatic heterocycles. The molecule has 2 saturated heterocycles. The van der Waals surface area contributed by atoms with Crippen molar-refractivity contribution in [3.8, 4) is 11.3 Å². The second kappa shape index (κ2) is 4.94. The molecule has 0 saturated carbocycles. The largest absolute Gasteiger partial charge is 0.382 e. The van der Waals surface area contributed by atoms with Crippen LogP contribution in [0.1, 0.15) is 12.8 Å². The van der Waals surface area contributed by atoms with Gasteiger partial charge in [0.15, 0.2) is 0 Å². The first-order valence-electron chi connectivity index (χ1n) is 7.47. The molecule has 4 heteroatoms. The minimum Gasteiger partial charge on any atom is -0.382 e. The summed E-state index contributed by atoms with van der Waals surface area (Å²) in [6.07, 6.45) is 4.41. The molecule has 0 aliphatic carbocycles. The van der Waals surface area contributed by atoms with Crippen molar-refractivity contribution in [2.45, 2.75) is 18.9 Å². The van der Waals surface area contributed by atoms with E-state index in [0.29, 0.717) is 6.04 Å². The molecule has 1 aromatic heterocycles. The zero-order chi connectivity index (χ0) is 13.4. The van der Waals surface area contributed by atoms with Gasteiger partial charge in [-0.3, -0.25) is 5.10 Å². The van der Waals surface area contributed by atoms with Gasteiger partial charge in [-0.2, -0.15) is 5.10 Å². The molecule has 0 amide bonds. The Kier molecular flexibility index (Phi) is 2.96. The molecule has 1 aromatic carbocycles. The number of rotatable bonds is 3. The van der Waals surface area contributed by atoms with Crippen LogP contribution in [0.5, 0.6) is 0 Å². The van der Waals surface area contributed by atoms with Crippen LogP contribution in [0.3, 0.4) is 0 Å². The van der Waals surface area contributed by atoms with E-state index in [-0.39, 0.29) is 0 Å². The SMILES string of the molecule is c1cc(-c2ccc(NC3CCN4CCC3C4)cc2)[nH]n1. The van der Waals surface area contributed by atoms with Crippen LogP contribution >= 0.6 is 0 Å². The molecule has 104 valence electrons. The van der Waals surface area contributed by atoms with Gasteiger partial charge in [-0.05, 0) is 49.1 Å². The molecule has 2 N–H and O–H groups in total. The molecule has 0 radical (unpaired) electrons. The van der Waals surface area contributed by atoms with E-state index in [4.69, 9.17) is 0 Å². The number of hydrogen-bond donors (Lipinski definition) is 2. The molecule has 2 bridgehead atoms. The first-order chi connectivity index (χ1) is 9.88. The molecule has 4 rings (SSSR count). The maximum absolute atomic E-state index is 3.99. The molecule has 3 heterocycles. The summed E-state index contributed by atoms with van der Waals surface area (Å²) < 4.78 is 0. The van der Waals surface area contributed by atoms with Crippen molar-refractivity contribution in [3.63, 3.8) is 0 Å². The first kappa shape index (κ1) is 12.0. The Bertz CT molecular complexity index is 561. The average molecular weight is 268 g/mol. The topological polar surface area (TPSA) is 44.0 Å². The van der Waals surface area contributed by atoms with Crippen LogP contribution in [-0.4, -0.2) is 40.8 Å². The first-order valence-corrected chi connectivity index (χ1v) is 7.47. The number of H-pyrrole nitrogens is 1. The molecule has 0 spiro atoms. The highest BCUT2D eigenvalue weighted by Crippen LogP contribution is 2.29. The van der Waals surface area contributed by atoms with Crippen molar-refractivity contribution in [1.82, 2.24) is 15.1 Å². The smallest absolute Gasteiger partial charge is 0.0650 e. The van der Waals surface area contributed by atoms with E-state index in [0.717, 1.165) is 11.6 Å². The number of anilines is 1. The number of aromatic amines is 1. The molecule has 4 nitrogen and oxygen atoms in total. The standard InChI is InChI=1S/C16H20N4/c1-3-14(4-2-12(1)16-5-8-17-19-16)18-15-7-10-20-9-6-13(15)11-20/h1-5,8,13,15,18H,6-7,9-11H2,(H,17,19). The average Bonchev–Trinajstić information content (AvgIpc) is 3.14. The Hall–Kier alpha value is -1.81. The van der Waals surface area contributed by atoms with Gasteiger partial charge in [0.25, 0.3) is 0 Å². The van der Waals surface area contributed by atoms with E-state index in [9.17, 15) is 0 Å². The maximum Gasteiger partial charge on any atom is 0.0650 e. The van der Waals surface area contributed by atoms with E-state index in [1.54, 1.807) is 6.20 Å². The van der Waals surface area contributed by atoms with Gasteiger partial charge in [-0.25, -0.2) is 0 Å². The summed E-state index contributed by atoms with van der Waals surface area (Å²) in [4.78, 5) is 2.59. The van der Waals surface area contributed by atoms with Crippen molar-refractivity contribution < 1.29 is 0 Å². The zero-order valence-corrected chi connectivity index (χ0v) is 11.5. The summed E-state index contributed by atoms with van der Waals surface area (Å²) in [5, 5.41) is 10.7. The molecule has 20 heavy (non-hydrogen) atoms. The van der Waals surface area contributed by atoms with Crippen LogP contribution in [0.15, 0.2) is 36.5 Å². The quantitative estimate of drug-likeness (QED) is 0.899. The van der Waals surface area contributed by atoms with Crippen LogP contribution in [0.2, 0.25) is 0 Å². The molecule has 2 aliphatic rings. The molecule has 3 atom stereocenters. The van der Waals surface area contributed by atoms with Gasteiger partial charge in [0.05, 0.1) is 5.69 Å².